The average molecular weight is 357 g/mol. The van der Waals surface area contributed by atoms with E-state index < -0.39 is 23.6 Å². The standard InChI is InChI=1S/C15H20F4N2O.ClH/c16-12-4-1-3-11(15(17,18)19)14(12)13(5-2-10-22)21-8-6-20-7-9-21;/h1,3-4,13,20,22H,2,5-10H2;1H/t13-;/m0./s1. The van der Waals surface area contributed by atoms with Gasteiger partial charge < -0.3 is 10.4 Å². The predicted molar refractivity (Wildman–Crippen MR) is 82.2 cm³/mol. The van der Waals surface area contributed by atoms with Crippen molar-refractivity contribution in [2.75, 3.05) is 32.8 Å². The maximum Gasteiger partial charge on any atom is 0.416 e. The predicted octanol–water partition coefficient (Wildman–Crippen LogP) is 2.99. The first kappa shape index (κ1) is 20.2. The Kier molecular flexibility index (Phi) is 7.73. The summed E-state index contributed by atoms with van der Waals surface area (Å²) in [5, 5.41) is 12.1. The molecule has 2 N–H and O–H groups in total. The highest BCUT2D eigenvalue weighted by Crippen LogP contribution is 2.39. The minimum Gasteiger partial charge on any atom is -0.396 e. The van der Waals surface area contributed by atoms with Crippen molar-refractivity contribution in [3.63, 3.8) is 0 Å². The Morgan fingerprint density at radius 2 is 1.87 bits per heavy atom. The van der Waals surface area contributed by atoms with Gasteiger partial charge in [0.05, 0.1) is 5.56 Å². The number of rotatable bonds is 5. The number of alkyl halides is 3. The Hall–Kier alpha value is -0.890. The average Bonchev–Trinajstić information content (AvgIpc) is 2.49. The summed E-state index contributed by atoms with van der Waals surface area (Å²) in [7, 11) is 0. The van der Waals surface area contributed by atoms with Gasteiger partial charge in [-0.05, 0) is 25.0 Å². The minimum absolute atomic E-state index is 0. The summed E-state index contributed by atoms with van der Waals surface area (Å²) in [5.74, 6) is -0.837. The zero-order valence-electron chi connectivity index (χ0n) is 12.6. The molecule has 23 heavy (non-hydrogen) atoms. The summed E-state index contributed by atoms with van der Waals surface area (Å²) in [6.45, 7) is 2.30. The van der Waals surface area contributed by atoms with Gasteiger partial charge in [-0.25, -0.2) is 4.39 Å². The highest BCUT2D eigenvalue weighted by molar-refractivity contribution is 5.85. The molecule has 1 aromatic rings. The lowest BCUT2D eigenvalue weighted by Gasteiger charge is -2.36. The maximum absolute atomic E-state index is 14.2. The molecule has 2 rings (SSSR count). The van der Waals surface area contributed by atoms with E-state index in [0.717, 1.165) is 18.2 Å². The van der Waals surface area contributed by atoms with Crippen LogP contribution < -0.4 is 5.32 Å². The first-order valence-corrected chi connectivity index (χ1v) is 7.36. The molecule has 8 heteroatoms. The molecule has 1 aliphatic heterocycles. The van der Waals surface area contributed by atoms with Gasteiger partial charge >= 0.3 is 6.18 Å². The number of piperazine rings is 1. The van der Waals surface area contributed by atoms with Crippen LogP contribution in [-0.4, -0.2) is 42.8 Å². The van der Waals surface area contributed by atoms with Gasteiger partial charge in [0.25, 0.3) is 0 Å². The quantitative estimate of drug-likeness (QED) is 0.796. The Morgan fingerprint density at radius 3 is 2.43 bits per heavy atom. The Balaban J connectivity index is 0.00000264. The second-order valence-electron chi connectivity index (χ2n) is 5.37. The van der Waals surface area contributed by atoms with Crippen LogP contribution in [0.2, 0.25) is 0 Å². The molecule has 0 amide bonds. The third-order valence-corrected chi connectivity index (χ3v) is 3.92. The molecule has 0 saturated carbocycles. The molecule has 0 bridgehead atoms. The Morgan fingerprint density at radius 1 is 1.22 bits per heavy atom. The zero-order chi connectivity index (χ0) is 16.2. The fourth-order valence-corrected chi connectivity index (χ4v) is 2.91. The number of aliphatic hydroxyl groups is 1. The first-order valence-electron chi connectivity index (χ1n) is 7.36. The molecule has 1 aliphatic rings. The summed E-state index contributed by atoms with van der Waals surface area (Å²) in [5.41, 5.74) is -1.22. The monoisotopic (exact) mass is 356 g/mol. The lowest BCUT2D eigenvalue weighted by atomic mass is 9.94. The van der Waals surface area contributed by atoms with E-state index in [0.29, 0.717) is 39.0 Å². The van der Waals surface area contributed by atoms with Gasteiger partial charge in [-0.2, -0.15) is 13.2 Å². The lowest BCUT2D eigenvalue weighted by molar-refractivity contribution is -0.139. The van der Waals surface area contributed by atoms with Crippen molar-refractivity contribution >= 4 is 12.4 Å². The highest BCUT2D eigenvalue weighted by Gasteiger charge is 2.38. The molecule has 132 valence electrons. The number of aliphatic hydroxyl groups excluding tert-OH is 1. The molecule has 1 heterocycles. The van der Waals surface area contributed by atoms with Gasteiger partial charge in [-0.15, -0.1) is 12.4 Å². The molecule has 0 aliphatic carbocycles. The molecule has 0 unspecified atom stereocenters. The van der Waals surface area contributed by atoms with Crippen LogP contribution in [0.1, 0.15) is 30.0 Å². The number of halogens is 5. The lowest BCUT2D eigenvalue weighted by Crippen LogP contribution is -2.45. The van der Waals surface area contributed by atoms with Gasteiger partial charge in [-0.1, -0.05) is 6.07 Å². The third-order valence-electron chi connectivity index (χ3n) is 3.92. The normalized spacial score (nSPS) is 17.6. The van der Waals surface area contributed by atoms with Crippen LogP contribution in [0.25, 0.3) is 0 Å². The van der Waals surface area contributed by atoms with E-state index in [1.807, 2.05) is 4.90 Å². The van der Waals surface area contributed by atoms with Crippen molar-refractivity contribution < 1.29 is 22.7 Å². The first-order chi connectivity index (χ1) is 10.4. The van der Waals surface area contributed by atoms with Crippen molar-refractivity contribution in [1.82, 2.24) is 10.2 Å². The van der Waals surface area contributed by atoms with E-state index in [-0.39, 0.29) is 24.6 Å². The van der Waals surface area contributed by atoms with Crippen molar-refractivity contribution in [3.05, 3.63) is 35.1 Å². The highest BCUT2D eigenvalue weighted by atomic mass is 35.5. The topological polar surface area (TPSA) is 35.5 Å². The fraction of sp³-hybridized carbons (Fsp3) is 0.600. The molecular weight excluding hydrogens is 336 g/mol. The molecule has 0 aromatic heterocycles. The SMILES string of the molecule is Cl.OCCC[C@@H](c1c(F)cccc1C(F)(F)F)N1CCNCC1. The van der Waals surface area contributed by atoms with E-state index >= 15 is 0 Å². The summed E-state index contributed by atoms with van der Waals surface area (Å²) in [6.07, 6.45) is -3.97. The van der Waals surface area contributed by atoms with Gasteiger partial charge in [-0.3, -0.25) is 4.90 Å². The molecule has 0 radical (unpaired) electrons. The largest absolute Gasteiger partial charge is 0.416 e. The number of benzene rings is 1. The maximum atomic E-state index is 14.2. The molecular formula is C15H21ClF4N2O. The smallest absolute Gasteiger partial charge is 0.396 e. The fourth-order valence-electron chi connectivity index (χ4n) is 2.91. The van der Waals surface area contributed by atoms with E-state index in [2.05, 4.69) is 5.32 Å². The Bertz CT molecular complexity index is 493. The summed E-state index contributed by atoms with van der Waals surface area (Å²) < 4.78 is 53.9. The third kappa shape index (κ3) is 5.04. The molecule has 1 fully saturated rings. The second kappa shape index (κ2) is 8.82. The molecule has 3 nitrogen and oxygen atoms in total. The van der Waals surface area contributed by atoms with E-state index in [1.54, 1.807) is 0 Å². The number of nitrogens with one attached hydrogen (secondary N) is 1. The summed E-state index contributed by atoms with van der Waals surface area (Å²) in [4.78, 5) is 1.86. The van der Waals surface area contributed by atoms with Crippen LogP contribution in [0.3, 0.4) is 0 Å². The van der Waals surface area contributed by atoms with Crippen molar-refractivity contribution in [2.45, 2.75) is 25.1 Å². The van der Waals surface area contributed by atoms with Crippen molar-refractivity contribution in [1.29, 1.82) is 0 Å². The number of hydrogen-bond acceptors (Lipinski definition) is 3. The molecule has 1 atom stereocenters. The summed E-state index contributed by atoms with van der Waals surface area (Å²) >= 11 is 0. The van der Waals surface area contributed by atoms with Crippen molar-refractivity contribution in [3.8, 4) is 0 Å². The minimum atomic E-state index is -4.59. The van der Waals surface area contributed by atoms with Crippen LogP contribution in [0.4, 0.5) is 17.6 Å². The van der Waals surface area contributed by atoms with Gasteiger partial charge in [0, 0.05) is 44.4 Å². The van der Waals surface area contributed by atoms with E-state index in [1.165, 1.54) is 0 Å². The molecule has 0 spiro atoms. The van der Waals surface area contributed by atoms with Gasteiger partial charge in [0.15, 0.2) is 0 Å². The Labute approximate surface area is 139 Å². The second-order valence-corrected chi connectivity index (χ2v) is 5.37. The van der Waals surface area contributed by atoms with Crippen molar-refractivity contribution in [2.24, 2.45) is 0 Å². The number of hydrogen-bond donors (Lipinski definition) is 2. The van der Waals surface area contributed by atoms with E-state index in [4.69, 9.17) is 5.11 Å². The van der Waals surface area contributed by atoms with Crippen LogP contribution in [0, 0.1) is 5.82 Å². The van der Waals surface area contributed by atoms with Gasteiger partial charge in [0.1, 0.15) is 5.82 Å². The van der Waals surface area contributed by atoms with Crippen LogP contribution in [0.15, 0.2) is 18.2 Å². The molecule has 1 aromatic carbocycles. The zero-order valence-corrected chi connectivity index (χ0v) is 13.4. The summed E-state index contributed by atoms with van der Waals surface area (Å²) in [6, 6.07) is 2.40. The van der Waals surface area contributed by atoms with Gasteiger partial charge in [0.2, 0.25) is 0 Å². The molecule has 1 saturated heterocycles. The van der Waals surface area contributed by atoms with E-state index in [9.17, 15) is 17.6 Å². The van der Waals surface area contributed by atoms with Crippen LogP contribution in [-0.2, 0) is 6.18 Å². The van der Waals surface area contributed by atoms with Crippen LogP contribution in [0.5, 0.6) is 0 Å². The van der Waals surface area contributed by atoms with Crippen LogP contribution >= 0.6 is 12.4 Å². The number of nitrogens with zero attached hydrogens (tertiary/aromatic N) is 1.